The number of benzene rings is 2. The Bertz CT molecular complexity index is 866. The molecule has 2 aromatic rings. The lowest BCUT2D eigenvalue weighted by molar-refractivity contribution is -0.384. The summed E-state index contributed by atoms with van der Waals surface area (Å²) in [4.78, 5) is 23.0. The normalized spacial score (nSPS) is 20.7. The van der Waals surface area contributed by atoms with Crippen LogP contribution in [0.2, 0.25) is 5.02 Å². The standard InChI is InChI=1S/C17H12ClNO5/c18-13-3-1-10(5-14(13)19(21)22)17(20)12-7-11(12)9-2-4-15-16(6-9)24-8-23-15/h1-6,11-12H,7-8H2/t11-,12+/m1/s1. The maximum atomic E-state index is 12.6. The summed E-state index contributed by atoms with van der Waals surface area (Å²) in [6.07, 6.45) is 0.717. The number of nitrogens with zero attached hydrogens (tertiary/aromatic N) is 1. The molecular formula is C17H12ClNO5. The molecule has 0 bridgehead atoms. The Kier molecular flexibility index (Phi) is 3.42. The zero-order valence-corrected chi connectivity index (χ0v) is 13.2. The van der Waals surface area contributed by atoms with Crippen LogP contribution in [0.25, 0.3) is 0 Å². The molecule has 2 atom stereocenters. The second-order valence-electron chi connectivity index (χ2n) is 5.85. The highest BCUT2D eigenvalue weighted by Gasteiger charge is 2.44. The van der Waals surface area contributed by atoms with E-state index in [2.05, 4.69) is 0 Å². The summed E-state index contributed by atoms with van der Waals surface area (Å²) in [5, 5.41) is 11.0. The number of hydrogen-bond donors (Lipinski definition) is 0. The lowest BCUT2D eigenvalue weighted by atomic mass is 10.0. The van der Waals surface area contributed by atoms with Crippen LogP contribution >= 0.6 is 11.6 Å². The number of Topliss-reactive ketones (excluding diaryl/α,β-unsaturated/α-hetero) is 1. The van der Waals surface area contributed by atoms with Crippen molar-refractivity contribution >= 4 is 23.1 Å². The first kappa shape index (κ1) is 15.0. The maximum Gasteiger partial charge on any atom is 0.288 e. The summed E-state index contributed by atoms with van der Waals surface area (Å²) in [7, 11) is 0. The zero-order valence-electron chi connectivity index (χ0n) is 12.4. The molecule has 0 spiro atoms. The van der Waals surface area contributed by atoms with Crippen LogP contribution in [0, 0.1) is 16.0 Å². The first-order valence-electron chi connectivity index (χ1n) is 7.42. The summed E-state index contributed by atoms with van der Waals surface area (Å²) in [5.74, 6) is 1.22. The van der Waals surface area contributed by atoms with Gasteiger partial charge in [-0.05, 0) is 42.2 Å². The molecule has 1 fully saturated rings. The minimum atomic E-state index is -0.582. The number of carbonyl (C=O) groups excluding carboxylic acids is 1. The molecule has 0 aromatic heterocycles. The molecule has 0 N–H and O–H groups in total. The Labute approximate surface area is 142 Å². The van der Waals surface area contributed by atoms with Gasteiger partial charge in [0, 0.05) is 17.5 Å². The molecule has 0 amide bonds. The van der Waals surface area contributed by atoms with Gasteiger partial charge in [0.2, 0.25) is 6.79 Å². The van der Waals surface area contributed by atoms with Crippen LogP contribution in [-0.4, -0.2) is 17.5 Å². The van der Waals surface area contributed by atoms with Gasteiger partial charge in [0.15, 0.2) is 17.3 Å². The lowest BCUT2D eigenvalue weighted by Gasteiger charge is -2.04. The molecule has 0 radical (unpaired) electrons. The van der Waals surface area contributed by atoms with Gasteiger partial charge in [0.05, 0.1) is 4.92 Å². The molecule has 6 nitrogen and oxygen atoms in total. The second-order valence-corrected chi connectivity index (χ2v) is 6.26. The van der Waals surface area contributed by atoms with Crippen molar-refractivity contribution in [3.05, 3.63) is 62.7 Å². The third-order valence-corrected chi connectivity index (χ3v) is 4.70. The molecule has 1 saturated carbocycles. The molecule has 0 saturated heterocycles. The first-order chi connectivity index (χ1) is 11.5. The summed E-state index contributed by atoms with van der Waals surface area (Å²) < 4.78 is 10.6. The quantitative estimate of drug-likeness (QED) is 0.476. The Morgan fingerprint density at radius 1 is 1.17 bits per heavy atom. The molecule has 1 heterocycles. The number of fused-ring (bicyclic) bond motifs is 1. The minimum absolute atomic E-state index is 0.0275. The Hall–Kier alpha value is -2.60. The molecule has 4 rings (SSSR count). The van der Waals surface area contributed by atoms with Crippen molar-refractivity contribution in [1.82, 2.24) is 0 Å². The minimum Gasteiger partial charge on any atom is -0.454 e. The molecule has 122 valence electrons. The molecule has 2 aromatic carbocycles. The molecule has 2 aliphatic rings. The number of nitro benzene ring substituents is 1. The van der Waals surface area contributed by atoms with E-state index >= 15 is 0 Å². The molecule has 7 heteroatoms. The number of ketones is 1. The Morgan fingerprint density at radius 3 is 2.75 bits per heavy atom. The van der Waals surface area contributed by atoms with E-state index < -0.39 is 4.92 Å². The van der Waals surface area contributed by atoms with Crippen LogP contribution in [0.1, 0.15) is 28.3 Å². The van der Waals surface area contributed by atoms with Crippen LogP contribution in [0.15, 0.2) is 36.4 Å². The SMILES string of the molecule is O=C(c1ccc(Cl)c([N+](=O)[O-])c1)[C@H]1C[C@@H]1c1ccc2c(c1)OCO2. The van der Waals surface area contributed by atoms with E-state index in [0.29, 0.717) is 17.1 Å². The average molecular weight is 346 g/mol. The predicted octanol–water partition coefficient (Wildman–Crippen LogP) is 3.96. The van der Waals surface area contributed by atoms with Gasteiger partial charge in [-0.1, -0.05) is 17.7 Å². The Morgan fingerprint density at radius 2 is 1.96 bits per heavy atom. The summed E-state index contributed by atoms with van der Waals surface area (Å²) in [5.41, 5.74) is 1.09. The highest BCUT2D eigenvalue weighted by atomic mass is 35.5. The van der Waals surface area contributed by atoms with Gasteiger partial charge in [-0.2, -0.15) is 0 Å². The van der Waals surface area contributed by atoms with Crippen molar-refractivity contribution in [2.75, 3.05) is 6.79 Å². The van der Waals surface area contributed by atoms with Gasteiger partial charge in [-0.25, -0.2) is 0 Å². The van der Waals surface area contributed by atoms with Gasteiger partial charge in [-0.3, -0.25) is 14.9 Å². The topological polar surface area (TPSA) is 78.7 Å². The molecule has 24 heavy (non-hydrogen) atoms. The number of nitro groups is 1. The van der Waals surface area contributed by atoms with Crippen molar-refractivity contribution in [2.45, 2.75) is 12.3 Å². The lowest BCUT2D eigenvalue weighted by Crippen LogP contribution is -2.04. The average Bonchev–Trinajstić information content (AvgIpc) is 3.23. The number of ether oxygens (including phenoxy) is 2. The van der Waals surface area contributed by atoms with Crippen LogP contribution in [0.5, 0.6) is 11.5 Å². The van der Waals surface area contributed by atoms with Crippen molar-refractivity contribution < 1.29 is 19.2 Å². The highest BCUT2D eigenvalue weighted by Crippen LogP contribution is 2.51. The van der Waals surface area contributed by atoms with Gasteiger partial charge in [0.25, 0.3) is 5.69 Å². The van der Waals surface area contributed by atoms with Crippen LogP contribution in [0.4, 0.5) is 5.69 Å². The van der Waals surface area contributed by atoms with Crippen molar-refractivity contribution in [3.63, 3.8) is 0 Å². The van der Waals surface area contributed by atoms with E-state index in [4.69, 9.17) is 21.1 Å². The maximum absolute atomic E-state index is 12.6. The third kappa shape index (κ3) is 2.49. The Balaban J connectivity index is 1.55. The van der Waals surface area contributed by atoms with Crippen LogP contribution < -0.4 is 9.47 Å². The third-order valence-electron chi connectivity index (χ3n) is 4.38. The number of rotatable bonds is 4. The van der Waals surface area contributed by atoms with E-state index in [9.17, 15) is 14.9 Å². The van der Waals surface area contributed by atoms with Crippen molar-refractivity contribution in [1.29, 1.82) is 0 Å². The molecular weight excluding hydrogens is 334 g/mol. The molecule has 0 unspecified atom stereocenters. The van der Waals surface area contributed by atoms with Crippen LogP contribution in [0.3, 0.4) is 0 Å². The van der Waals surface area contributed by atoms with E-state index in [1.165, 1.54) is 18.2 Å². The number of carbonyl (C=O) groups is 1. The van der Waals surface area contributed by atoms with E-state index in [1.807, 2.05) is 18.2 Å². The van der Waals surface area contributed by atoms with Gasteiger partial charge in [0.1, 0.15) is 5.02 Å². The fraction of sp³-hybridized carbons (Fsp3) is 0.235. The van der Waals surface area contributed by atoms with Crippen molar-refractivity contribution in [2.24, 2.45) is 5.92 Å². The smallest absolute Gasteiger partial charge is 0.288 e. The number of halogens is 1. The summed E-state index contributed by atoms with van der Waals surface area (Å²) in [6, 6.07) is 9.84. The summed E-state index contributed by atoms with van der Waals surface area (Å²) in [6.45, 7) is 0.209. The fourth-order valence-corrected chi connectivity index (χ4v) is 3.20. The zero-order chi connectivity index (χ0) is 16.8. The number of hydrogen-bond acceptors (Lipinski definition) is 5. The van der Waals surface area contributed by atoms with Gasteiger partial charge >= 0.3 is 0 Å². The van der Waals surface area contributed by atoms with Gasteiger partial charge < -0.3 is 9.47 Å². The monoisotopic (exact) mass is 345 g/mol. The molecule has 1 aliphatic heterocycles. The van der Waals surface area contributed by atoms with Crippen molar-refractivity contribution in [3.8, 4) is 11.5 Å². The fourth-order valence-electron chi connectivity index (χ4n) is 3.02. The summed E-state index contributed by atoms with van der Waals surface area (Å²) >= 11 is 5.79. The largest absolute Gasteiger partial charge is 0.454 e. The highest BCUT2D eigenvalue weighted by molar-refractivity contribution is 6.32. The predicted molar refractivity (Wildman–Crippen MR) is 85.8 cm³/mol. The second kappa shape index (κ2) is 5.49. The van der Waals surface area contributed by atoms with Crippen LogP contribution in [-0.2, 0) is 0 Å². The molecule has 1 aliphatic carbocycles. The van der Waals surface area contributed by atoms with E-state index in [0.717, 1.165) is 12.0 Å². The van der Waals surface area contributed by atoms with E-state index in [-0.39, 0.29) is 35.1 Å². The van der Waals surface area contributed by atoms with Gasteiger partial charge in [-0.15, -0.1) is 0 Å². The van der Waals surface area contributed by atoms with E-state index in [1.54, 1.807) is 0 Å². The first-order valence-corrected chi connectivity index (χ1v) is 7.80.